The molecule has 1 aliphatic heterocycles. The smallest absolute Gasteiger partial charge is 0.306 e. The predicted octanol–water partition coefficient (Wildman–Crippen LogP) is 11.5. The van der Waals surface area contributed by atoms with E-state index in [4.69, 9.17) is 33.2 Å². The van der Waals surface area contributed by atoms with Crippen molar-refractivity contribution < 1.29 is 47.5 Å². The van der Waals surface area contributed by atoms with Crippen LogP contribution in [0.5, 0.6) is 23.0 Å². The van der Waals surface area contributed by atoms with E-state index in [-0.39, 0.29) is 37.4 Å². The fourth-order valence-corrected chi connectivity index (χ4v) is 10.4. The van der Waals surface area contributed by atoms with E-state index in [1.54, 1.807) is 32.9 Å². The molecule has 0 bridgehead atoms. The summed E-state index contributed by atoms with van der Waals surface area (Å²) in [5.74, 6) is 3.38. The lowest BCUT2D eigenvalue weighted by atomic mass is 9.66. The maximum atomic E-state index is 12.3. The third-order valence-electron chi connectivity index (χ3n) is 13.0. The van der Waals surface area contributed by atoms with Gasteiger partial charge in [0.15, 0.2) is 5.60 Å². The zero-order chi connectivity index (χ0) is 46.1. The van der Waals surface area contributed by atoms with Crippen molar-refractivity contribution in [3.8, 4) is 34.1 Å². The number of methoxy groups -OCH3 is 2. The first-order chi connectivity index (χ1) is 32.2. The average Bonchev–Trinajstić information content (AvgIpc) is 3.62. The zero-order valence-electron chi connectivity index (χ0n) is 38.5. The minimum absolute atomic E-state index is 0.0185. The van der Waals surface area contributed by atoms with Crippen LogP contribution in [0.25, 0.3) is 28.0 Å². The van der Waals surface area contributed by atoms with Crippen LogP contribution in [0.15, 0.2) is 97.1 Å². The number of carbonyl (C=O) groups excluding carboxylic acids is 3. The Morgan fingerprint density at radius 3 is 2.12 bits per heavy atom. The van der Waals surface area contributed by atoms with Gasteiger partial charge in [-0.25, -0.2) is 0 Å². The minimum Gasteiger partial charge on any atom is -0.497 e. The van der Waals surface area contributed by atoms with E-state index in [1.165, 1.54) is 41.5 Å². The fraction of sp³-hybridized carbons (Fsp3) is 0.400. The molecular weight excluding hydrogens is 853 g/mol. The van der Waals surface area contributed by atoms with Gasteiger partial charge in [-0.15, -0.1) is 0 Å². The number of hydrogen-bond donors (Lipinski definition) is 0. The number of benzene rings is 5. The first-order valence-electron chi connectivity index (χ1n) is 23.3. The number of thioether (sulfide) groups is 1. The highest BCUT2D eigenvalue weighted by molar-refractivity contribution is 7.99. The second-order valence-corrected chi connectivity index (χ2v) is 18.6. The molecule has 0 N–H and O–H groups in total. The summed E-state index contributed by atoms with van der Waals surface area (Å²) in [6.07, 6.45) is 11.1. The first kappa shape index (κ1) is 46.6. The van der Waals surface area contributed by atoms with Gasteiger partial charge in [-0.1, -0.05) is 80.8 Å². The maximum absolute atomic E-state index is 12.3. The molecule has 8 rings (SSSR count). The van der Waals surface area contributed by atoms with Crippen LogP contribution in [0.1, 0.15) is 106 Å². The Hall–Kier alpha value is -5.94. The third-order valence-corrected chi connectivity index (χ3v) is 13.9. The maximum Gasteiger partial charge on any atom is 0.306 e. The molecule has 1 spiro atoms. The van der Waals surface area contributed by atoms with Crippen molar-refractivity contribution in [2.75, 3.05) is 45.5 Å². The molecule has 0 amide bonds. The highest BCUT2D eigenvalue weighted by Gasteiger charge is 2.48. The zero-order valence-corrected chi connectivity index (χ0v) is 39.3. The molecule has 346 valence electrons. The Morgan fingerprint density at radius 1 is 0.727 bits per heavy atom. The van der Waals surface area contributed by atoms with Crippen molar-refractivity contribution in [3.05, 3.63) is 125 Å². The van der Waals surface area contributed by atoms with Crippen LogP contribution in [0.2, 0.25) is 0 Å². The number of ether oxygens (including phenoxy) is 7. The van der Waals surface area contributed by atoms with Gasteiger partial charge in [-0.3, -0.25) is 14.4 Å². The molecule has 5 aromatic rings. The van der Waals surface area contributed by atoms with Gasteiger partial charge in [0, 0.05) is 33.2 Å². The van der Waals surface area contributed by atoms with Gasteiger partial charge in [-0.2, -0.15) is 11.8 Å². The van der Waals surface area contributed by atoms with Crippen LogP contribution in [0.3, 0.4) is 0 Å². The number of fused-ring (bicyclic) bond motifs is 10. The second-order valence-electron chi connectivity index (χ2n) is 17.2. The standard InChI is InChI=1S/C55H60O10S/c1-5-66-34-28-49(57)63-36-37(2)64-50(58)26-25-48(56)62-33-12-11-32-61-41-21-17-39(18-22-41)55(38-15-19-40(59-3)20-16-38)31-27-45-52-51(43-24-23-42(60-4)35-46(43)53(45)65-55)44-13-7-8-14-47(44)54(52)29-9-6-10-30-54/h7-8,13-24,27,31,35,37H,5-6,9-12,25-26,28-30,32-34,36H2,1-4H3. The van der Waals surface area contributed by atoms with Crippen LogP contribution in [-0.2, 0) is 39.6 Å². The normalized spacial score (nSPS) is 16.9. The van der Waals surface area contributed by atoms with Crippen molar-refractivity contribution in [2.24, 2.45) is 0 Å². The molecule has 0 saturated heterocycles. The highest BCUT2D eigenvalue weighted by Crippen LogP contribution is 2.62. The van der Waals surface area contributed by atoms with Gasteiger partial charge in [0.05, 0.1) is 46.7 Å². The van der Waals surface area contributed by atoms with Gasteiger partial charge in [0.1, 0.15) is 35.7 Å². The predicted molar refractivity (Wildman–Crippen MR) is 259 cm³/mol. The van der Waals surface area contributed by atoms with Gasteiger partial charge < -0.3 is 33.2 Å². The molecule has 0 aromatic heterocycles. The molecule has 2 atom stereocenters. The van der Waals surface area contributed by atoms with E-state index in [0.29, 0.717) is 37.4 Å². The minimum atomic E-state index is -0.978. The SMILES string of the molecule is CCSCCC(=O)OCC(C)OC(=O)CCC(=O)OCCCCOc1ccc(C2(c3ccc(OC)cc3)C=Cc3c4c(c5ccc(OC)cc5c3O2)-c2ccccc2C42CCCCC2)cc1. The Morgan fingerprint density at radius 2 is 1.39 bits per heavy atom. The van der Waals surface area contributed by atoms with E-state index < -0.39 is 23.6 Å². The van der Waals surface area contributed by atoms with Crippen molar-refractivity contribution in [1.29, 1.82) is 0 Å². The van der Waals surface area contributed by atoms with E-state index in [2.05, 4.69) is 78.9 Å². The lowest BCUT2D eigenvalue weighted by Crippen LogP contribution is -2.35. The van der Waals surface area contributed by atoms with Gasteiger partial charge in [0.25, 0.3) is 0 Å². The van der Waals surface area contributed by atoms with Crippen LogP contribution in [0, 0.1) is 0 Å². The average molecular weight is 913 g/mol. The summed E-state index contributed by atoms with van der Waals surface area (Å²) in [5.41, 5.74) is 7.42. The third kappa shape index (κ3) is 9.78. The molecule has 5 aromatic carbocycles. The van der Waals surface area contributed by atoms with E-state index in [1.807, 2.05) is 31.2 Å². The van der Waals surface area contributed by atoms with E-state index in [9.17, 15) is 14.4 Å². The summed E-state index contributed by atoms with van der Waals surface area (Å²) < 4.78 is 41.0. The Bertz CT molecular complexity index is 2540. The van der Waals surface area contributed by atoms with E-state index in [0.717, 1.165) is 63.3 Å². The summed E-state index contributed by atoms with van der Waals surface area (Å²) in [5, 5.41) is 2.18. The number of unbranched alkanes of at least 4 members (excludes halogenated alkanes) is 1. The molecule has 11 heteroatoms. The fourth-order valence-electron chi connectivity index (χ4n) is 9.82. The number of carbonyl (C=O) groups is 3. The van der Waals surface area contributed by atoms with Crippen LogP contribution < -0.4 is 18.9 Å². The summed E-state index contributed by atoms with van der Waals surface area (Å²) in [4.78, 5) is 36.3. The number of rotatable bonds is 20. The molecule has 1 heterocycles. The van der Waals surface area contributed by atoms with Gasteiger partial charge >= 0.3 is 17.9 Å². The van der Waals surface area contributed by atoms with Crippen molar-refractivity contribution in [3.63, 3.8) is 0 Å². The Labute approximate surface area is 392 Å². The van der Waals surface area contributed by atoms with Crippen LogP contribution >= 0.6 is 11.8 Å². The molecule has 1 saturated carbocycles. The summed E-state index contributed by atoms with van der Waals surface area (Å²) in [6.45, 7) is 4.30. The van der Waals surface area contributed by atoms with Crippen LogP contribution in [-0.4, -0.2) is 69.6 Å². The van der Waals surface area contributed by atoms with Crippen molar-refractivity contribution in [1.82, 2.24) is 0 Å². The molecule has 3 aliphatic rings. The molecule has 2 unspecified atom stereocenters. The molecule has 10 nitrogen and oxygen atoms in total. The first-order valence-corrected chi connectivity index (χ1v) is 24.5. The van der Waals surface area contributed by atoms with Crippen molar-refractivity contribution >= 4 is 46.5 Å². The van der Waals surface area contributed by atoms with Crippen molar-refractivity contribution in [2.45, 2.75) is 95.2 Å². The monoisotopic (exact) mass is 912 g/mol. The molecule has 0 radical (unpaired) electrons. The van der Waals surface area contributed by atoms with E-state index >= 15 is 0 Å². The summed E-state index contributed by atoms with van der Waals surface area (Å²) >= 11 is 1.66. The Kier molecular flexibility index (Phi) is 14.9. The quantitative estimate of drug-likeness (QED) is 0.0422. The largest absolute Gasteiger partial charge is 0.497 e. The highest BCUT2D eigenvalue weighted by atomic mass is 32.2. The topological polar surface area (TPSA) is 116 Å². The van der Waals surface area contributed by atoms with Gasteiger partial charge in [-0.05, 0) is 115 Å². The summed E-state index contributed by atoms with van der Waals surface area (Å²) in [6, 6.07) is 31.6. The molecule has 1 fully saturated rings. The number of hydrogen-bond acceptors (Lipinski definition) is 11. The number of esters is 3. The van der Waals surface area contributed by atoms with Gasteiger partial charge in [0.2, 0.25) is 0 Å². The lowest BCUT2D eigenvalue weighted by molar-refractivity contribution is -0.159. The van der Waals surface area contributed by atoms with Crippen LogP contribution in [0.4, 0.5) is 0 Å². The molecule has 66 heavy (non-hydrogen) atoms. The second kappa shape index (κ2) is 21.1. The summed E-state index contributed by atoms with van der Waals surface area (Å²) in [7, 11) is 3.38. The molecular formula is C55H60O10S. The molecule has 2 aliphatic carbocycles. The Balaban J connectivity index is 0.938. The lowest BCUT2D eigenvalue weighted by Gasteiger charge is -2.41.